The quantitative estimate of drug-likeness (QED) is 0.764. The van der Waals surface area contributed by atoms with Gasteiger partial charge < -0.3 is 14.4 Å². The van der Waals surface area contributed by atoms with Gasteiger partial charge in [0.25, 0.3) is 0 Å². The van der Waals surface area contributed by atoms with Crippen LogP contribution in [0.25, 0.3) is 0 Å². The molecule has 0 atom stereocenters. The van der Waals surface area contributed by atoms with Gasteiger partial charge in [0.15, 0.2) is 0 Å². The molecule has 0 radical (unpaired) electrons. The third-order valence-corrected chi connectivity index (χ3v) is 4.57. The molecule has 0 saturated carbocycles. The molecule has 0 N–H and O–H groups in total. The van der Waals surface area contributed by atoms with E-state index in [4.69, 9.17) is 9.47 Å². The van der Waals surface area contributed by atoms with E-state index in [9.17, 15) is 4.79 Å². The number of likely N-dealkylation sites (tertiary alicyclic amines) is 1. The summed E-state index contributed by atoms with van der Waals surface area (Å²) in [7, 11) is 1.53. The molecule has 2 heterocycles. The molecule has 0 spiro atoms. The summed E-state index contributed by atoms with van der Waals surface area (Å²) in [4.78, 5) is 22.5. The van der Waals surface area contributed by atoms with Crippen LogP contribution >= 0.6 is 0 Å². The molecule has 1 amide bonds. The highest BCUT2D eigenvalue weighted by Crippen LogP contribution is 2.19. The predicted molar refractivity (Wildman–Crippen MR) is 98.2 cm³/mol. The van der Waals surface area contributed by atoms with E-state index in [-0.39, 0.29) is 12.0 Å². The van der Waals surface area contributed by atoms with Crippen molar-refractivity contribution < 1.29 is 14.3 Å². The number of hydrogen-bond donors (Lipinski definition) is 0. The van der Waals surface area contributed by atoms with Crippen molar-refractivity contribution in [1.29, 1.82) is 0 Å². The molecule has 0 unspecified atom stereocenters. The number of aromatic nitrogens is 2. The molecule has 1 aliphatic heterocycles. The van der Waals surface area contributed by atoms with Gasteiger partial charge in [0.1, 0.15) is 6.10 Å². The molecule has 6 nitrogen and oxygen atoms in total. The number of hydrogen-bond acceptors (Lipinski definition) is 5. The fourth-order valence-corrected chi connectivity index (χ4v) is 3.13. The summed E-state index contributed by atoms with van der Waals surface area (Å²) >= 11 is 0. The molecule has 6 heteroatoms. The molecule has 1 saturated heterocycles. The average Bonchev–Trinajstić information content (AvgIpc) is 2.69. The van der Waals surface area contributed by atoms with Crippen LogP contribution in [-0.2, 0) is 11.2 Å². The van der Waals surface area contributed by atoms with E-state index < -0.39 is 0 Å². The Morgan fingerprint density at radius 2 is 1.96 bits per heavy atom. The Balaban J connectivity index is 1.39. The summed E-state index contributed by atoms with van der Waals surface area (Å²) < 4.78 is 10.9. The smallest absolute Gasteiger partial charge is 0.319 e. The first-order chi connectivity index (χ1) is 12.7. The number of rotatable bonds is 7. The number of aryl methyl sites for hydroxylation is 1. The van der Waals surface area contributed by atoms with E-state index in [2.05, 4.69) is 22.1 Å². The minimum atomic E-state index is 0.0722. The Morgan fingerprint density at radius 3 is 2.69 bits per heavy atom. The van der Waals surface area contributed by atoms with Gasteiger partial charge in [-0.2, -0.15) is 4.98 Å². The highest BCUT2D eigenvalue weighted by Gasteiger charge is 2.24. The van der Waals surface area contributed by atoms with Crippen molar-refractivity contribution in [1.82, 2.24) is 14.9 Å². The van der Waals surface area contributed by atoms with Gasteiger partial charge in [0.05, 0.1) is 7.11 Å². The molecule has 138 valence electrons. The summed E-state index contributed by atoms with van der Waals surface area (Å²) in [5.41, 5.74) is 1.28. The second-order valence-electron chi connectivity index (χ2n) is 6.42. The lowest BCUT2D eigenvalue weighted by Gasteiger charge is -2.32. The van der Waals surface area contributed by atoms with E-state index >= 15 is 0 Å². The molecule has 1 aliphatic rings. The van der Waals surface area contributed by atoms with Crippen LogP contribution in [-0.4, -0.2) is 47.1 Å². The number of benzene rings is 1. The van der Waals surface area contributed by atoms with Gasteiger partial charge in [0, 0.05) is 44.6 Å². The molecule has 2 aromatic rings. The lowest BCUT2D eigenvalue weighted by atomic mass is 10.1. The van der Waals surface area contributed by atoms with Crippen molar-refractivity contribution in [3.05, 3.63) is 48.2 Å². The van der Waals surface area contributed by atoms with E-state index in [1.165, 1.54) is 12.7 Å². The van der Waals surface area contributed by atoms with Gasteiger partial charge in [0.2, 0.25) is 11.8 Å². The SMILES string of the molecule is COc1nccc(OC2CCN(C(=O)CCCc3ccccc3)CC2)n1. The molecule has 1 aromatic carbocycles. The minimum absolute atomic E-state index is 0.0722. The second-order valence-corrected chi connectivity index (χ2v) is 6.42. The van der Waals surface area contributed by atoms with Gasteiger partial charge in [-0.05, 0) is 18.4 Å². The first kappa shape index (κ1) is 18.2. The molecule has 0 aliphatic carbocycles. The number of piperidine rings is 1. The highest BCUT2D eigenvalue weighted by molar-refractivity contribution is 5.76. The summed E-state index contributed by atoms with van der Waals surface area (Å²) in [6.45, 7) is 1.47. The zero-order chi connectivity index (χ0) is 18.2. The highest BCUT2D eigenvalue weighted by atomic mass is 16.5. The molecule has 26 heavy (non-hydrogen) atoms. The molecule has 1 aromatic heterocycles. The monoisotopic (exact) mass is 355 g/mol. The number of nitrogens with zero attached hydrogens (tertiary/aromatic N) is 3. The second kappa shape index (κ2) is 9.17. The van der Waals surface area contributed by atoms with Crippen LogP contribution in [0.1, 0.15) is 31.2 Å². The number of ether oxygens (including phenoxy) is 2. The summed E-state index contributed by atoms with van der Waals surface area (Å²) in [6, 6.07) is 12.3. The first-order valence-electron chi connectivity index (χ1n) is 9.10. The maximum absolute atomic E-state index is 12.4. The fourth-order valence-electron chi connectivity index (χ4n) is 3.13. The van der Waals surface area contributed by atoms with Gasteiger partial charge in [-0.1, -0.05) is 30.3 Å². The Kier molecular flexibility index (Phi) is 6.41. The maximum atomic E-state index is 12.4. The Bertz CT molecular complexity index is 700. The van der Waals surface area contributed by atoms with Gasteiger partial charge in [-0.15, -0.1) is 0 Å². The van der Waals surface area contributed by atoms with Crippen molar-refractivity contribution in [3.8, 4) is 11.9 Å². The molecular formula is C20H25N3O3. The zero-order valence-corrected chi connectivity index (χ0v) is 15.1. The average molecular weight is 355 g/mol. The Labute approximate surface area is 154 Å². The first-order valence-corrected chi connectivity index (χ1v) is 9.10. The Hall–Kier alpha value is -2.63. The zero-order valence-electron chi connectivity index (χ0n) is 15.1. The van der Waals surface area contributed by atoms with Crippen LogP contribution in [0.15, 0.2) is 42.6 Å². The van der Waals surface area contributed by atoms with Gasteiger partial charge >= 0.3 is 6.01 Å². The molecule has 1 fully saturated rings. The lowest BCUT2D eigenvalue weighted by molar-refractivity contribution is -0.133. The lowest BCUT2D eigenvalue weighted by Crippen LogP contribution is -2.41. The topological polar surface area (TPSA) is 64.6 Å². The van der Waals surface area contributed by atoms with Crippen LogP contribution in [0.4, 0.5) is 0 Å². The molecule has 3 rings (SSSR count). The maximum Gasteiger partial charge on any atom is 0.319 e. The van der Waals surface area contributed by atoms with Crippen LogP contribution in [0.5, 0.6) is 11.9 Å². The normalized spacial score (nSPS) is 14.9. The largest absolute Gasteiger partial charge is 0.474 e. The van der Waals surface area contributed by atoms with E-state index in [0.717, 1.165) is 38.8 Å². The number of carbonyl (C=O) groups excluding carboxylic acids is 1. The third-order valence-electron chi connectivity index (χ3n) is 4.57. The van der Waals surface area contributed by atoms with Crippen LogP contribution in [0.2, 0.25) is 0 Å². The molecular weight excluding hydrogens is 330 g/mol. The fraction of sp³-hybridized carbons (Fsp3) is 0.450. The summed E-state index contributed by atoms with van der Waals surface area (Å²) in [6.07, 6.45) is 5.76. The number of methoxy groups -OCH3 is 1. The van der Waals surface area contributed by atoms with Crippen molar-refractivity contribution in [2.45, 2.75) is 38.2 Å². The van der Waals surface area contributed by atoms with Crippen LogP contribution in [0.3, 0.4) is 0 Å². The van der Waals surface area contributed by atoms with Crippen molar-refractivity contribution in [2.24, 2.45) is 0 Å². The van der Waals surface area contributed by atoms with Gasteiger partial charge in [-0.25, -0.2) is 4.98 Å². The van der Waals surface area contributed by atoms with Crippen LogP contribution < -0.4 is 9.47 Å². The van der Waals surface area contributed by atoms with Gasteiger partial charge in [-0.3, -0.25) is 4.79 Å². The third kappa shape index (κ3) is 5.18. The van der Waals surface area contributed by atoms with Crippen molar-refractivity contribution in [2.75, 3.05) is 20.2 Å². The summed E-state index contributed by atoms with van der Waals surface area (Å²) in [5.74, 6) is 0.757. The summed E-state index contributed by atoms with van der Waals surface area (Å²) in [5, 5.41) is 0. The van der Waals surface area contributed by atoms with E-state index in [0.29, 0.717) is 18.3 Å². The predicted octanol–water partition coefficient (Wildman–Crippen LogP) is 2.88. The minimum Gasteiger partial charge on any atom is -0.474 e. The molecule has 0 bridgehead atoms. The van der Waals surface area contributed by atoms with E-state index in [1.807, 2.05) is 23.1 Å². The number of carbonyl (C=O) groups is 1. The van der Waals surface area contributed by atoms with E-state index in [1.54, 1.807) is 12.3 Å². The Morgan fingerprint density at radius 1 is 1.19 bits per heavy atom. The van der Waals surface area contributed by atoms with Crippen molar-refractivity contribution >= 4 is 5.91 Å². The van der Waals surface area contributed by atoms with Crippen molar-refractivity contribution in [3.63, 3.8) is 0 Å². The van der Waals surface area contributed by atoms with Crippen LogP contribution in [0, 0.1) is 0 Å². The number of amides is 1. The standard InChI is InChI=1S/C20H25N3O3/c1-25-20-21-13-10-18(22-20)26-17-11-14-23(15-12-17)19(24)9-5-8-16-6-3-2-4-7-16/h2-4,6-7,10,13,17H,5,8-9,11-12,14-15H2,1H3.